The van der Waals surface area contributed by atoms with Crippen molar-refractivity contribution >= 4 is 0 Å². The topological polar surface area (TPSA) is 0 Å². The molecule has 0 fully saturated rings. The molecule has 0 saturated heterocycles. The third-order valence-corrected chi connectivity index (χ3v) is 2.06. The zero-order valence-corrected chi connectivity index (χ0v) is 8.54. The molecule has 0 aliphatic rings. The van der Waals surface area contributed by atoms with Crippen molar-refractivity contribution in [2.75, 3.05) is 0 Å². The Morgan fingerprint density at radius 3 is 1.36 bits per heavy atom. The average molecular weight is 217 g/mol. The summed E-state index contributed by atoms with van der Waals surface area (Å²) in [6.07, 6.45) is -5.47. The predicted molar refractivity (Wildman–Crippen MR) is 43.9 cm³/mol. The largest absolute Gasteiger partial charge is 0.453 e. The molecule has 0 saturated carbocycles. The fourth-order valence-corrected chi connectivity index (χ4v) is 1.62. The van der Waals surface area contributed by atoms with Crippen LogP contribution in [0.4, 0.5) is 22.0 Å². The molecule has 0 spiro atoms. The standard InChI is InChI=1S/C9H14F5/c1-5(2)7(6(3)4)8(10,11)9(12,13)14/h5,7H,1-4H3. The first-order chi connectivity index (χ1) is 6.01. The highest BCUT2D eigenvalue weighted by Crippen LogP contribution is 2.47. The summed E-state index contributed by atoms with van der Waals surface area (Å²) in [4.78, 5) is 0. The van der Waals surface area contributed by atoms with Crippen LogP contribution in [-0.2, 0) is 0 Å². The molecule has 0 heterocycles. The number of hydrogen-bond donors (Lipinski definition) is 0. The van der Waals surface area contributed by atoms with Crippen LogP contribution in [0, 0.1) is 17.8 Å². The first kappa shape index (κ1) is 13.7. The summed E-state index contributed by atoms with van der Waals surface area (Å²) in [7, 11) is 0. The van der Waals surface area contributed by atoms with E-state index in [-0.39, 0.29) is 5.92 Å². The zero-order valence-electron chi connectivity index (χ0n) is 8.54. The van der Waals surface area contributed by atoms with E-state index < -0.39 is 23.9 Å². The van der Waals surface area contributed by atoms with Gasteiger partial charge in [0.1, 0.15) is 0 Å². The highest BCUT2D eigenvalue weighted by molar-refractivity contribution is 5.00. The Morgan fingerprint density at radius 1 is 0.929 bits per heavy atom. The van der Waals surface area contributed by atoms with E-state index in [4.69, 9.17) is 0 Å². The lowest BCUT2D eigenvalue weighted by Gasteiger charge is -2.33. The molecule has 1 radical (unpaired) electrons. The number of hydrogen-bond acceptors (Lipinski definition) is 0. The van der Waals surface area contributed by atoms with E-state index in [0.29, 0.717) is 0 Å². The SMILES string of the molecule is C[C](C)C(C(C)C)C(F)(F)C(F)(F)F. The molecule has 0 amide bonds. The molecule has 0 aromatic carbocycles. The summed E-state index contributed by atoms with van der Waals surface area (Å²) in [6, 6.07) is 0. The van der Waals surface area contributed by atoms with Crippen LogP contribution in [0.5, 0.6) is 0 Å². The minimum atomic E-state index is -5.47. The van der Waals surface area contributed by atoms with Gasteiger partial charge in [-0.15, -0.1) is 0 Å². The summed E-state index contributed by atoms with van der Waals surface area (Å²) in [6.45, 7) is 5.31. The van der Waals surface area contributed by atoms with Gasteiger partial charge in [0.25, 0.3) is 0 Å². The van der Waals surface area contributed by atoms with Gasteiger partial charge in [-0.25, -0.2) is 0 Å². The van der Waals surface area contributed by atoms with Crippen molar-refractivity contribution in [2.45, 2.75) is 39.8 Å². The monoisotopic (exact) mass is 217 g/mol. The fraction of sp³-hybridized carbons (Fsp3) is 0.889. The van der Waals surface area contributed by atoms with Gasteiger partial charge in [0, 0.05) is 5.92 Å². The van der Waals surface area contributed by atoms with E-state index >= 15 is 0 Å². The van der Waals surface area contributed by atoms with Crippen LogP contribution in [-0.4, -0.2) is 12.1 Å². The maximum Gasteiger partial charge on any atom is 0.453 e. The molecule has 1 unspecified atom stereocenters. The Balaban J connectivity index is 5.01. The Kier molecular flexibility index (Phi) is 3.93. The third kappa shape index (κ3) is 2.58. The van der Waals surface area contributed by atoms with Crippen LogP contribution in [0.1, 0.15) is 27.7 Å². The predicted octanol–water partition coefficient (Wildman–Crippen LogP) is 4.07. The highest BCUT2D eigenvalue weighted by Gasteiger charge is 2.63. The summed E-state index contributed by atoms with van der Waals surface area (Å²) in [5.41, 5.74) is 0. The maximum atomic E-state index is 13.0. The van der Waals surface area contributed by atoms with Crippen molar-refractivity contribution < 1.29 is 22.0 Å². The zero-order chi connectivity index (χ0) is 11.7. The third-order valence-electron chi connectivity index (χ3n) is 2.06. The Hall–Kier alpha value is -0.350. The van der Waals surface area contributed by atoms with Gasteiger partial charge in [-0.1, -0.05) is 27.7 Å². The molecule has 0 bridgehead atoms. The summed E-state index contributed by atoms with van der Waals surface area (Å²) >= 11 is 0. The van der Waals surface area contributed by atoms with Gasteiger partial charge in [-0.05, 0) is 11.8 Å². The minimum absolute atomic E-state index is 0.0994. The lowest BCUT2D eigenvalue weighted by Crippen LogP contribution is -2.47. The van der Waals surface area contributed by atoms with Crippen molar-refractivity contribution in [3.05, 3.63) is 5.92 Å². The average Bonchev–Trinajstić information content (AvgIpc) is 1.79. The molecule has 14 heavy (non-hydrogen) atoms. The summed E-state index contributed by atoms with van der Waals surface area (Å²) in [5.74, 6) is -7.03. The lowest BCUT2D eigenvalue weighted by molar-refractivity contribution is -0.304. The van der Waals surface area contributed by atoms with Crippen LogP contribution in [0.2, 0.25) is 0 Å². The number of rotatable bonds is 3. The lowest BCUT2D eigenvalue weighted by atomic mass is 9.80. The molecule has 5 heteroatoms. The van der Waals surface area contributed by atoms with Crippen LogP contribution < -0.4 is 0 Å². The molecule has 1 atom stereocenters. The number of halogens is 5. The molecule has 0 N–H and O–H groups in total. The summed E-state index contributed by atoms with van der Waals surface area (Å²) < 4.78 is 62.0. The van der Waals surface area contributed by atoms with E-state index in [0.717, 1.165) is 0 Å². The van der Waals surface area contributed by atoms with Crippen molar-refractivity contribution in [2.24, 2.45) is 11.8 Å². The first-order valence-electron chi connectivity index (χ1n) is 4.26. The Morgan fingerprint density at radius 2 is 1.29 bits per heavy atom. The number of alkyl halides is 5. The molecular weight excluding hydrogens is 203 g/mol. The molecular formula is C9H14F5. The Bertz CT molecular complexity index is 172. The molecule has 0 aliphatic heterocycles. The molecule has 0 aromatic heterocycles. The van der Waals surface area contributed by atoms with E-state index in [1.54, 1.807) is 0 Å². The highest BCUT2D eigenvalue weighted by atomic mass is 19.4. The van der Waals surface area contributed by atoms with Crippen LogP contribution in [0.3, 0.4) is 0 Å². The van der Waals surface area contributed by atoms with Crippen molar-refractivity contribution in [3.63, 3.8) is 0 Å². The van der Waals surface area contributed by atoms with Crippen molar-refractivity contribution in [3.8, 4) is 0 Å². The summed E-state index contributed by atoms with van der Waals surface area (Å²) in [5, 5.41) is 0. The van der Waals surface area contributed by atoms with Gasteiger partial charge in [-0.2, -0.15) is 22.0 Å². The van der Waals surface area contributed by atoms with Gasteiger partial charge in [0.05, 0.1) is 0 Å². The van der Waals surface area contributed by atoms with Gasteiger partial charge < -0.3 is 0 Å². The molecule has 85 valence electrons. The van der Waals surface area contributed by atoms with E-state index in [1.807, 2.05) is 0 Å². The van der Waals surface area contributed by atoms with Gasteiger partial charge in [0.15, 0.2) is 0 Å². The van der Waals surface area contributed by atoms with E-state index in [9.17, 15) is 22.0 Å². The normalized spacial score (nSPS) is 14.6. The van der Waals surface area contributed by atoms with Crippen LogP contribution in [0.15, 0.2) is 0 Å². The first-order valence-corrected chi connectivity index (χ1v) is 4.26. The quantitative estimate of drug-likeness (QED) is 0.625. The van der Waals surface area contributed by atoms with Gasteiger partial charge in [0.2, 0.25) is 0 Å². The maximum absolute atomic E-state index is 13.0. The van der Waals surface area contributed by atoms with E-state index in [1.165, 1.54) is 27.7 Å². The fourth-order valence-electron chi connectivity index (χ4n) is 1.62. The molecule has 0 aromatic rings. The van der Waals surface area contributed by atoms with Crippen LogP contribution in [0.25, 0.3) is 0 Å². The second kappa shape index (κ2) is 4.03. The molecule has 0 rings (SSSR count). The van der Waals surface area contributed by atoms with Crippen molar-refractivity contribution in [1.29, 1.82) is 0 Å². The van der Waals surface area contributed by atoms with Crippen LogP contribution >= 0.6 is 0 Å². The smallest absolute Gasteiger partial charge is 0.196 e. The molecule has 0 nitrogen and oxygen atoms in total. The van der Waals surface area contributed by atoms with Crippen molar-refractivity contribution in [1.82, 2.24) is 0 Å². The molecule has 0 aliphatic carbocycles. The minimum Gasteiger partial charge on any atom is -0.196 e. The van der Waals surface area contributed by atoms with Gasteiger partial charge in [-0.3, -0.25) is 0 Å². The van der Waals surface area contributed by atoms with E-state index in [2.05, 4.69) is 0 Å². The second-order valence-electron chi connectivity index (χ2n) is 3.92. The second-order valence-corrected chi connectivity index (χ2v) is 3.92. The van der Waals surface area contributed by atoms with Gasteiger partial charge >= 0.3 is 12.1 Å². The Labute approximate surface area is 80.5 Å².